The molecule has 2 N–H and O–H groups in total. The fraction of sp³-hybridized carbons (Fsp3) is 1.00. The highest BCUT2D eigenvalue weighted by molar-refractivity contribution is 4.94. The lowest BCUT2D eigenvalue weighted by atomic mass is 9.89. The van der Waals surface area contributed by atoms with E-state index in [1.165, 1.54) is 51.7 Å². The van der Waals surface area contributed by atoms with Crippen LogP contribution in [0.2, 0.25) is 0 Å². The van der Waals surface area contributed by atoms with Crippen molar-refractivity contribution < 1.29 is 0 Å². The first-order chi connectivity index (χ1) is 7.41. The van der Waals surface area contributed by atoms with Crippen molar-refractivity contribution in [1.29, 1.82) is 0 Å². The van der Waals surface area contributed by atoms with Crippen LogP contribution in [0.1, 0.15) is 59.8 Å². The van der Waals surface area contributed by atoms with E-state index < -0.39 is 0 Å². The second kappa shape index (κ2) is 9.17. The Labute approximate surface area is 96.2 Å². The van der Waals surface area contributed by atoms with Crippen molar-refractivity contribution in [3.63, 3.8) is 0 Å². The molecule has 0 radical (unpaired) electrons. The van der Waals surface area contributed by atoms with E-state index in [1.807, 2.05) is 27.7 Å². The van der Waals surface area contributed by atoms with Gasteiger partial charge in [0.25, 0.3) is 0 Å². The quantitative estimate of drug-likeness (QED) is 0.648. The molecule has 2 rings (SSSR count). The zero-order valence-corrected chi connectivity index (χ0v) is 11.2. The second-order valence-corrected chi connectivity index (χ2v) is 3.91. The van der Waals surface area contributed by atoms with Gasteiger partial charge in [0.15, 0.2) is 0 Å². The Morgan fingerprint density at radius 3 is 1.93 bits per heavy atom. The summed E-state index contributed by atoms with van der Waals surface area (Å²) < 4.78 is 0. The first-order valence-corrected chi connectivity index (χ1v) is 6.87. The number of rotatable bonds is 0. The van der Waals surface area contributed by atoms with Crippen LogP contribution in [0.5, 0.6) is 0 Å². The van der Waals surface area contributed by atoms with E-state index in [0.29, 0.717) is 5.54 Å². The van der Waals surface area contributed by atoms with E-state index in [2.05, 4.69) is 10.6 Å². The predicted octanol–water partition coefficient (Wildman–Crippen LogP) is 2.93. The second-order valence-electron chi connectivity index (χ2n) is 3.91. The molecule has 1 atom stereocenters. The summed E-state index contributed by atoms with van der Waals surface area (Å²) in [6.45, 7) is 11.7. The van der Waals surface area contributed by atoms with Crippen molar-refractivity contribution in [2.45, 2.75) is 65.3 Å². The van der Waals surface area contributed by atoms with Crippen LogP contribution in [-0.4, -0.2) is 25.2 Å². The number of hydrogen-bond donors (Lipinski definition) is 2. The zero-order chi connectivity index (χ0) is 11.6. The third kappa shape index (κ3) is 4.98. The summed E-state index contributed by atoms with van der Waals surface area (Å²) in [5.74, 6) is 0. The summed E-state index contributed by atoms with van der Waals surface area (Å²) in [7, 11) is 0. The molecule has 2 fully saturated rings. The molecule has 15 heavy (non-hydrogen) atoms. The first kappa shape index (κ1) is 14.9. The van der Waals surface area contributed by atoms with Gasteiger partial charge in [0.05, 0.1) is 0 Å². The summed E-state index contributed by atoms with van der Waals surface area (Å²) in [6, 6.07) is 0. The minimum Gasteiger partial charge on any atom is -0.317 e. The summed E-state index contributed by atoms with van der Waals surface area (Å²) >= 11 is 0. The average Bonchev–Trinajstić information content (AvgIpc) is 2.64. The zero-order valence-electron chi connectivity index (χ0n) is 11.2. The lowest BCUT2D eigenvalue weighted by Gasteiger charge is -2.27. The summed E-state index contributed by atoms with van der Waals surface area (Å²) in [4.78, 5) is 0. The van der Waals surface area contributed by atoms with Crippen molar-refractivity contribution in [2.75, 3.05) is 19.6 Å². The molecule has 0 aliphatic carbocycles. The van der Waals surface area contributed by atoms with Crippen LogP contribution in [0.15, 0.2) is 0 Å². The fourth-order valence-electron chi connectivity index (χ4n) is 2.42. The molecule has 2 aliphatic heterocycles. The number of hydrogen-bond acceptors (Lipinski definition) is 2. The number of nitrogens with one attached hydrogen (secondary N) is 2. The molecule has 1 spiro atoms. The Hall–Kier alpha value is -0.0800. The van der Waals surface area contributed by atoms with Crippen molar-refractivity contribution in [3.8, 4) is 0 Å². The maximum absolute atomic E-state index is 3.67. The van der Waals surface area contributed by atoms with Gasteiger partial charge in [0.1, 0.15) is 0 Å². The maximum Gasteiger partial charge on any atom is 0.0194 e. The monoisotopic (exact) mass is 214 g/mol. The molecular formula is C13H30N2. The summed E-state index contributed by atoms with van der Waals surface area (Å²) in [5.41, 5.74) is 0.545. The third-order valence-corrected chi connectivity index (χ3v) is 3.12. The molecule has 0 amide bonds. The molecule has 0 saturated carbocycles. The van der Waals surface area contributed by atoms with Crippen molar-refractivity contribution in [2.24, 2.45) is 0 Å². The van der Waals surface area contributed by atoms with Crippen molar-refractivity contribution in [3.05, 3.63) is 0 Å². The van der Waals surface area contributed by atoms with Gasteiger partial charge < -0.3 is 10.6 Å². The molecule has 0 aromatic rings. The lowest BCUT2D eigenvalue weighted by molar-refractivity contribution is 0.337. The molecule has 0 aromatic carbocycles. The van der Waals surface area contributed by atoms with Gasteiger partial charge in [-0.3, -0.25) is 0 Å². The molecule has 2 nitrogen and oxygen atoms in total. The van der Waals surface area contributed by atoms with Crippen LogP contribution in [-0.2, 0) is 0 Å². The van der Waals surface area contributed by atoms with E-state index in [0.717, 1.165) is 0 Å². The Kier molecular flexibility index (Phi) is 9.12. The molecule has 92 valence electrons. The average molecular weight is 214 g/mol. The van der Waals surface area contributed by atoms with Crippen LogP contribution >= 0.6 is 0 Å². The van der Waals surface area contributed by atoms with Crippen LogP contribution in [0, 0.1) is 0 Å². The fourth-order valence-corrected chi connectivity index (χ4v) is 2.42. The Bertz CT molecular complexity index is 118. The van der Waals surface area contributed by atoms with Gasteiger partial charge in [-0.1, -0.05) is 27.7 Å². The topological polar surface area (TPSA) is 24.1 Å². The van der Waals surface area contributed by atoms with Crippen LogP contribution in [0.25, 0.3) is 0 Å². The van der Waals surface area contributed by atoms with E-state index >= 15 is 0 Å². The van der Waals surface area contributed by atoms with E-state index in [9.17, 15) is 0 Å². The normalized spacial score (nSPS) is 29.6. The Morgan fingerprint density at radius 2 is 1.33 bits per heavy atom. The lowest BCUT2D eigenvalue weighted by Crippen LogP contribution is -2.40. The largest absolute Gasteiger partial charge is 0.317 e. The molecule has 2 heteroatoms. The molecule has 2 saturated heterocycles. The third-order valence-electron chi connectivity index (χ3n) is 3.12. The first-order valence-electron chi connectivity index (χ1n) is 6.87. The SMILES string of the molecule is C1CNCCC2(C1)CCCN2.CC.CC. The minimum absolute atomic E-state index is 0.545. The summed E-state index contributed by atoms with van der Waals surface area (Å²) in [5, 5.41) is 7.13. The van der Waals surface area contributed by atoms with Gasteiger partial charge in [-0.05, 0) is 51.7 Å². The molecule has 1 unspecified atom stereocenters. The Morgan fingerprint density at radius 1 is 0.733 bits per heavy atom. The summed E-state index contributed by atoms with van der Waals surface area (Å²) in [6.07, 6.45) is 6.88. The Balaban J connectivity index is 0.000000442. The highest BCUT2D eigenvalue weighted by Crippen LogP contribution is 2.28. The predicted molar refractivity (Wildman–Crippen MR) is 69.4 cm³/mol. The maximum atomic E-state index is 3.67. The van der Waals surface area contributed by atoms with Crippen molar-refractivity contribution in [1.82, 2.24) is 10.6 Å². The van der Waals surface area contributed by atoms with Gasteiger partial charge >= 0.3 is 0 Å². The van der Waals surface area contributed by atoms with Crippen LogP contribution in [0.4, 0.5) is 0 Å². The van der Waals surface area contributed by atoms with Gasteiger partial charge in [0, 0.05) is 5.54 Å². The molecule has 2 heterocycles. The van der Waals surface area contributed by atoms with Crippen LogP contribution in [0.3, 0.4) is 0 Å². The van der Waals surface area contributed by atoms with Gasteiger partial charge in [0.2, 0.25) is 0 Å². The van der Waals surface area contributed by atoms with Crippen molar-refractivity contribution >= 4 is 0 Å². The molecule has 0 bridgehead atoms. The highest BCUT2D eigenvalue weighted by Gasteiger charge is 2.32. The molecule has 0 aromatic heterocycles. The van der Waals surface area contributed by atoms with Crippen LogP contribution < -0.4 is 10.6 Å². The van der Waals surface area contributed by atoms with E-state index in [1.54, 1.807) is 0 Å². The highest BCUT2D eigenvalue weighted by atomic mass is 15.0. The smallest absolute Gasteiger partial charge is 0.0194 e. The minimum atomic E-state index is 0.545. The van der Waals surface area contributed by atoms with E-state index in [-0.39, 0.29) is 0 Å². The molecule has 2 aliphatic rings. The van der Waals surface area contributed by atoms with Gasteiger partial charge in [-0.15, -0.1) is 0 Å². The standard InChI is InChI=1S/C9H18N2.2C2H6/c1-3-9(4-2-7-11-9)5-8-10-6-1;2*1-2/h10-11H,1-8H2;2*1-2H3. The van der Waals surface area contributed by atoms with Gasteiger partial charge in [-0.2, -0.15) is 0 Å². The van der Waals surface area contributed by atoms with E-state index in [4.69, 9.17) is 0 Å². The molecular weight excluding hydrogens is 184 g/mol. The van der Waals surface area contributed by atoms with Gasteiger partial charge in [-0.25, -0.2) is 0 Å².